The molecule has 0 aliphatic carbocycles. The van der Waals surface area contributed by atoms with Crippen molar-refractivity contribution in [3.63, 3.8) is 0 Å². The molecule has 0 saturated carbocycles. The summed E-state index contributed by atoms with van der Waals surface area (Å²) in [6.07, 6.45) is -0.220. The second kappa shape index (κ2) is 8.78. The Hall–Kier alpha value is -3.02. The SMILES string of the molecule is O=C(O)C1CCN(S(=O)(=O)c2ccc(Oc3ccc(F)cc3)cc2)C(C(=O)NO)C1. The van der Waals surface area contributed by atoms with Crippen molar-refractivity contribution in [3.8, 4) is 11.5 Å². The van der Waals surface area contributed by atoms with Crippen LogP contribution in [0.4, 0.5) is 4.39 Å². The zero-order valence-electron chi connectivity index (χ0n) is 15.6. The van der Waals surface area contributed by atoms with Crippen LogP contribution in [0.2, 0.25) is 0 Å². The van der Waals surface area contributed by atoms with Crippen molar-refractivity contribution in [1.82, 2.24) is 9.79 Å². The van der Waals surface area contributed by atoms with Crippen LogP contribution in [-0.4, -0.2) is 47.5 Å². The molecule has 1 fully saturated rings. The van der Waals surface area contributed by atoms with Gasteiger partial charge in [0, 0.05) is 6.54 Å². The highest BCUT2D eigenvalue weighted by Crippen LogP contribution is 2.30. The number of carboxylic acids is 1. The van der Waals surface area contributed by atoms with E-state index in [9.17, 15) is 27.5 Å². The normalized spacial score (nSPS) is 19.8. The predicted molar refractivity (Wildman–Crippen MR) is 101 cm³/mol. The summed E-state index contributed by atoms with van der Waals surface area (Å²) in [7, 11) is -4.15. The van der Waals surface area contributed by atoms with Gasteiger partial charge in [-0.05, 0) is 61.4 Å². The maximum absolute atomic E-state index is 13.0. The summed E-state index contributed by atoms with van der Waals surface area (Å²) in [5.41, 5.74) is 1.40. The van der Waals surface area contributed by atoms with Crippen LogP contribution in [0.1, 0.15) is 12.8 Å². The third kappa shape index (κ3) is 4.58. The van der Waals surface area contributed by atoms with Gasteiger partial charge in [-0.3, -0.25) is 14.8 Å². The first-order valence-corrected chi connectivity index (χ1v) is 10.4. The summed E-state index contributed by atoms with van der Waals surface area (Å²) in [6, 6.07) is 9.31. The van der Waals surface area contributed by atoms with Crippen molar-refractivity contribution in [2.24, 2.45) is 5.92 Å². The molecule has 0 bridgehead atoms. The van der Waals surface area contributed by atoms with Gasteiger partial charge in [0.2, 0.25) is 10.0 Å². The fourth-order valence-corrected chi connectivity index (χ4v) is 4.84. The minimum absolute atomic E-state index is 0.0372. The van der Waals surface area contributed by atoms with Crippen LogP contribution in [0.3, 0.4) is 0 Å². The molecule has 2 aromatic rings. The van der Waals surface area contributed by atoms with E-state index in [0.717, 1.165) is 4.31 Å². The van der Waals surface area contributed by atoms with E-state index in [-0.39, 0.29) is 24.3 Å². The highest BCUT2D eigenvalue weighted by atomic mass is 32.2. The average Bonchev–Trinajstić information content (AvgIpc) is 2.74. The Bertz CT molecular complexity index is 1030. The van der Waals surface area contributed by atoms with E-state index in [0.29, 0.717) is 11.5 Å². The van der Waals surface area contributed by atoms with Crippen molar-refractivity contribution in [2.45, 2.75) is 23.8 Å². The van der Waals surface area contributed by atoms with Crippen molar-refractivity contribution in [2.75, 3.05) is 6.54 Å². The Labute approximate surface area is 171 Å². The highest BCUT2D eigenvalue weighted by molar-refractivity contribution is 7.89. The molecule has 1 aliphatic heterocycles. The first kappa shape index (κ1) is 21.7. The van der Waals surface area contributed by atoms with E-state index in [2.05, 4.69) is 0 Å². The summed E-state index contributed by atoms with van der Waals surface area (Å²) in [4.78, 5) is 23.1. The maximum atomic E-state index is 13.0. The van der Waals surface area contributed by atoms with E-state index in [4.69, 9.17) is 9.94 Å². The number of hydrogen-bond donors (Lipinski definition) is 3. The number of carbonyl (C=O) groups excluding carboxylic acids is 1. The number of amides is 1. The van der Waals surface area contributed by atoms with Gasteiger partial charge >= 0.3 is 5.97 Å². The number of benzene rings is 2. The molecule has 11 heteroatoms. The van der Waals surface area contributed by atoms with Gasteiger partial charge < -0.3 is 9.84 Å². The molecule has 0 radical (unpaired) electrons. The quantitative estimate of drug-likeness (QED) is 0.464. The van der Waals surface area contributed by atoms with Crippen molar-refractivity contribution in [1.29, 1.82) is 0 Å². The number of hydroxylamine groups is 1. The zero-order chi connectivity index (χ0) is 21.9. The summed E-state index contributed by atoms with van der Waals surface area (Å²) in [5, 5.41) is 18.1. The number of nitrogens with one attached hydrogen (secondary N) is 1. The molecule has 1 aliphatic rings. The number of piperidine rings is 1. The first-order valence-electron chi connectivity index (χ1n) is 8.94. The Balaban J connectivity index is 1.81. The van der Waals surface area contributed by atoms with Crippen molar-refractivity contribution < 1.29 is 37.4 Å². The molecule has 0 aromatic heterocycles. The van der Waals surface area contributed by atoms with E-state index in [1.165, 1.54) is 54.0 Å². The molecule has 2 atom stereocenters. The largest absolute Gasteiger partial charge is 0.481 e. The lowest BCUT2D eigenvalue weighted by Gasteiger charge is -2.35. The number of carbonyl (C=O) groups is 2. The Morgan fingerprint density at radius 1 is 1.07 bits per heavy atom. The second-order valence-corrected chi connectivity index (χ2v) is 8.59. The number of ether oxygens (including phenoxy) is 1. The average molecular weight is 438 g/mol. The Kier molecular flexibility index (Phi) is 6.34. The summed E-state index contributed by atoms with van der Waals surface area (Å²) in [6.45, 7) is -0.189. The number of sulfonamides is 1. The fraction of sp³-hybridized carbons (Fsp3) is 0.263. The van der Waals surface area contributed by atoms with E-state index < -0.39 is 39.7 Å². The van der Waals surface area contributed by atoms with Crippen LogP contribution in [0.5, 0.6) is 11.5 Å². The smallest absolute Gasteiger partial charge is 0.306 e. The molecule has 1 amide bonds. The topological polar surface area (TPSA) is 133 Å². The third-order valence-corrected chi connectivity index (χ3v) is 6.72. The number of aliphatic carboxylic acids is 1. The minimum Gasteiger partial charge on any atom is -0.481 e. The molecule has 30 heavy (non-hydrogen) atoms. The van der Waals surface area contributed by atoms with E-state index >= 15 is 0 Å². The van der Waals surface area contributed by atoms with Gasteiger partial charge in [0.05, 0.1) is 10.8 Å². The Morgan fingerprint density at radius 2 is 1.63 bits per heavy atom. The second-order valence-electron chi connectivity index (χ2n) is 6.69. The number of rotatable bonds is 6. The van der Waals surface area contributed by atoms with Gasteiger partial charge in [-0.15, -0.1) is 0 Å². The number of nitrogens with zero attached hydrogens (tertiary/aromatic N) is 1. The third-order valence-electron chi connectivity index (χ3n) is 4.80. The molecule has 0 spiro atoms. The van der Waals surface area contributed by atoms with Crippen LogP contribution in [0.15, 0.2) is 53.4 Å². The number of hydrogen-bond acceptors (Lipinski definition) is 6. The highest BCUT2D eigenvalue weighted by Gasteiger charge is 2.42. The monoisotopic (exact) mass is 438 g/mol. The summed E-state index contributed by atoms with van der Waals surface area (Å²) >= 11 is 0. The van der Waals surface area contributed by atoms with Crippen LogP contribution >= 0.6 is 0 Å². The lowest BCUT2D eigenvalue weighted by atomic mass is 9.92. The van der Waals surface area contributed by atoms with Crippen LogP contribution in [-0.2, 0) is 19.6 Å². The lowest BCUT2D eigenvalue weighted by molar-refractivity contribution is -0.145. The zero-order valence-corrected chi connectivity index (χ0v) is 16.4. The van der Waals surface area contributed by atoms with Gasteiger partial charge in [0.15, 0.2) is 0 Å². The molecule has 9 nitrogen and oxygen atoms in total. The molecule has 1 saturated heterocycles. The van der Waals surface area contributed by atoms with E-state index in [1.807, 2.05) is 0 Å². The van der Waals surface area contributed by atoms with Gasteiger partial charge in [-0.2, -0.15) is 4.31 Å². The lowest BCUT2D eigenvalue weighted by Crippen LogP contribution is -2.53. The molecule has 2 unspecified atom stereocenters. The molecular weight excluding hydrogens is 419 g/mol. The number of carboxylic acid groups (broad SMARTS) is 1. The minimum atomic E-state index is -4.15. The number of halogens is 1. The fourth-order valence-electron chi connectivity index (χ4n) is 3.22. The molecule has 3 rings (SSSR count). The van der Waals surface area contributed by atoms with Crippen LogP contribution in [0.25, 0.3) is 0 Å². The maximum Gasteiger partial charge on any atom is 0.306 e. The first-order chi connectivity index (χ1) is 14.2. The van der Waals surface area contributed by atoms with Crippen LogP contribution < -0.4 is 10.2 Å². The predicted octanol–water partition coefficient (Wildman–Crippen LogP) is 1.98. The van der Waals surface area contributed by atoms with Gasteiger partial charge in [-0.25, -0.2) is 18.3 Å². The van der Waals surface area contributed by atoms with Gasteiger partial charge in [-0.1, -0.05) is 0 Å². The Morgan fingerprint density at radius 3 is 2.17 bits per heavy atom. The molecule has 160 valence electrons. The summed E-state index contributed by atoms with van der Waals surface area (Å²) < 4.78 is 45.4. The van der Waals surface area contributed by atoms with Gasteiger partial charge in [0.25, 0.3) is 5.91 Å². The molecule has 2 aromatic carbocycles. The van der Waals surface area contributed by atoms with Crippen LogP contribution in [0, 0.1) is 11.7 Å². The summed E-state index contributed by atoms with van der Waals surface area (Å²) in [5.74, 6) is -2.77. The van der Waals surface area contributed by atoms with Gasteiger partial charge in [0.1, 0.15) is 23.4 Å². The molecule has 3 N–H and O–H groups in total. The van der Waals surface area contributed by atoms with Crippen molar-refractivity contribution >= 4 is 21.9 Å². The van der Waals surface area contributed by atoms with E-state index in [1.54, 1.807) is 0 Å². The molecule has 1 heterocycles. The molecular formula is C19H19FN2O7S. The standard InChI is InChI=1S/C19H19FN2O7S/c20-13-1-3-14(4-2-13)29-15-5-7-16(8-6-15)30(27,28)22-10-9-12(19(24)25)11-17(22)18(23)21-26/h1-8,12,17,26H,9-11H2,(H,21,23)(H,24,25). The van der Waals surface area contributed by atoms with Crippen molar-refractivity contribution in [3.05, 3.63) is 54.3 Å².